The smallest absolute Gasteiger partial charge is 0.462 e. The molecular weight excluding hydrogens is 838 g/mol. The van der Waals surface area contributed by atoms with Gasteiger partial charge in [-0.1, -0.05) is 143 Å². The fourth-order valence-electron chi connectivity index (χ4n) is 5.20. The summed E-state index contributed by atoms with van der Waals surface area (Å²) in [6.07, 6.45) is 44.4. The summed E-state index contributed by atoms with van der Waals surface area (Å²) in [5, 5.41) is 19.6. The molecule has 0 aliphatic rings. The third-order valence-corrected chi connectivity index (χ3v) is 9.99. The van der Waals surface area contributed by atoms with Crippen LogP contribution in [0.2, 0.25) is 0 Å². The molecule has 14 nitrogen and oxygen atoms in total. The van der Waals surface area contributed by atoms with E-state index < -0.39 is 72.3 Å². The Morgan fingerprint density at radius 3 is 1.69 bits per heavy atom. The van der Waals surface area contributed by atoms with E-state index in [1.807, 2.05) is 42.5 Å². The highest BCUT2D eigenvalue weighted by Crippen LogP contribution is 2.43. The van der Waals surface area contributed by atoms with Gasteiger partial charge in [0.15, 0.2) is 6.10 Å². The molecule has 0 spiro atoms. The van der Waals surface area contributed by atoms with Crippen molar-refractivity contribution in [2.45, 2.75) is 154 Å². The van der Waals surface area contributed by atoms with E-state index in [0.717, 1.165) is 89.9 Å². The van der Waals surface area contributed by atoms with Crippen LogP contribution in [-0.2, 0) is 41.8 Å². The van der Waals surface area contributed by atoms with Gasteiger partial charge in [0.05, 0.1) is 25.9 Å². The number of carbonyl (C=O) groups excluding carboxylic acids is 2. The number of ether oxygens (including phenoxy) is 2. The normalized spacial score (nSPS) is 15.4. The highest BCUT2D eigenvalue weighted by atomic mass is 31.2. The second-order valence-electron chi connectivity index (χ2n) is 14.4. The summed E-state index contributed by atoms with van der Waals surface area (Å²) in [5.74, 6) is -1.16. The van der Waals surface area contributed by atoms with Crippen LogP contribution in [-0.4, -0.2) is 81.6 Å². The summed E-state index contributed by atoms with van der Waals surface area (Å²) in [6.45, 7) is 1.40. The molecule has 0 radical (unpaired) electrons. The van der Waals surface area contributed by atoms with Crippen molar-refractivity contribution < 1.29 is 66.7 Å². The van der Waals surface area contributed by atoms with E-state index in [2.05, 4.69) is 71.5 Å². The van der Waals surface area contributed by atoms with E-state index in [0.29, 0.717) is 19.3 Å². The Balaban J connectivity index is 4.70. The topological polar surface area (TPSA) is 216 Å². The number of esters is 2. The van der Waals surface area contributed by atoms with Gasteiger partial charge in [-0.25, -0.2) is 9.13 Å². The first-order valence-corrected chi connectivity index (χ1v) is 25.1. The van der Waals surface area contributed by atoms with Crippen molar-refractivity contribution in [3.05, 3.63) is 97.2 Å². The molecule has 0 rings (SSSR count). The molecule has 0 aliphatic heterocycles. The summed E-state index contributed by atoms with van der Waals surface area (Å²) in [6, 6.07) is 0. The molecule has 354 valence electrons. The maximum absolute atomic E-state index is 12.7. The van der Waals surface area contributed by atoms with Gasteiger partial charge in [0.1, 0.15) is 12.7 Å². The zero-order valence-corrected chi connectivity index (χ0v) is 38.8. The van der Waals surface area contributed by atoms with Crippen LogP contribution in [0.1, 0.15) is 136 Å². The molecule has 0 bridgehead atoms. The molecule has 0 aliphatic carbocycles. The summed E-state index contributed by atoms with van der Waals surface area (Å²) < 4.78 is 47.7. The van der Waals surface area contributed by atoms with Crippen molar-refractivity contribution >= 4 is 27.6 Å². The number of phosphoric acid groups is 2. The lowest BCUT2D eigenvalue weighted by molar-refractivity contribution is -0.161. The van der Waals surface area contributed by atoms with Crippen molar-refractivity contribution in [3.63, 3.8) is 0 Å². The number of aliphatic hydroxyl groups is 2. The third kappa shape index (κ3) is 43.6. The number of hydrogen-bond donors (Lipinski definition) is 5. The zero-order valence-electron chi connectivity index (χ0n) is 37.0. The van der Waals surface area contributed by atoms with Gasteiger partial charge in [-0.2, -0.15) is 0 Å². The van der Waals surface area contributed by atoms with Gasteiger partial charge in [0.2, 0.25) is 0 Å². The molecule has 0 aromatic rings. The van der Waals surface area contributed by atoms with Crippen LogP contribution in [0, 0.1) is 0 Å². The van der Waals surface area contributed by atoms with E-state index in [-0.39, 0.29) is 12.8 Å². The number of allylic oxidation sites excluding steroid dienone is 15. The Labute approximate surface area is 371 Å². The van der Waals surface area contributed by atoms with E-state index in [1.165, 1.54) is 0 Å². The maximum Gasteiger partial charge on any atom is 0.472 e. The number of phosphoric ester groups is 2. The molecule has 0 aromatic heterocycles. The van der Waals surface area contributed by atoms with Gasteiger partial charge in [-0.3, -0.25) is 23.2 Å². The highest BCUT2D eigenvalue weighted by Gasteiger charge is 2.28. The Bertz CT molecular complexity index is 1480. The van der Waals surface area contributed by atoms with Crippen molar-refractivity contribution in [2.24, 2.45) is 0 Å². The Morgan fingerprint density at radius 2 is 1.08 bits per heavy atom. The second kappa shape index (κ2) is 40.8. The number of aliphatic hydroxyl groups excluding tert-OH is 2. The molecule has 0 amide bonds. The Kier molecular flexibility index (Phi) is 38.8. The average molecular weight is 915 g/mol. The van der Waals surface area contributed by atoms with Gasteiger partial charge < -0.3 is 34.4 Å². The van der Waals surface area contributed by atoms with Gasteiger partial charge in [0.25, 0.3) is 0 Å². The second-order valence-corrected chi connectivity index (χ2v) is 17.1. The highest BCUT2D eigenvalue weighted by molar-refractivity contribution is 7.47. The predicted molar refractivity (Wildman–Crippen MR) is 245 cm³/mol. The van der Waals surface area contributed by atoms with E-state index in [1.54, 1.807) is 6.08 Å². The number of hydrogen-bond acceptors (Lipinski definition) is 11. The largest absolute Gasteiger partial charge is 0.472 e. The molecular formula is C46H76O14P2. The van der Waals surface area contributed by atoms with Gasteiger partial charge >= 0.3 is 27.6 Å². The molecule has 0 aromatic carbocycles. The minimum Gasteiger partial charge on any atom is -0.462 e. The molecule has 4 atom stereocenters. The van der Waals surface area contributed by atoms with Crippen LogP contribution in [0.15, 0.2) is 97.2 Å². The third-order valence-electron chi connectivity index (χ3n) is 8.55. The van der Waals surface area contributed by atoms with Crippen molar-refractivity contribution in [2.75, 3.05) is 26.4 Å². The van der Waals surface area contributed by atoms with Crippen LogP contribution in [0.5, 0.6) is 0 Å². The molecule has 62 heavy (non-hydrogen) atoms. The van der Waals surface area contributed by atoms with E-state index in [4.69, 9.17) is 23.8 Å². The van der Waals surface area contributed by atoms with Crippen LogP contribution in [0.3, 0.4) is 0 Å². The first kappa shape index (κ1) is 59.0. The average Bonchev–Trinajstić information content (AvgIpc) is 3.23. The van der Waals surface area contributed by atoms with Gasteiger partial charge in [-0.15, -0.1) is 0 Å². The summed E-state index contributed by atoms with van der Waals surface area (Å²) >= 11 is 0. The standard InChI is InChI=1S/C46H76O14P2/c1-3-5-7-8-9-10-11-12-13-14-15-16-19-23-26-29-33-37-46(50)60-44(41-59-62(54,55)58-39-43(48)38-57-61(51,52)53)40-56-45(49)36-32-28-25-22-20-17-18-21-24-27-31-35-42(47)34-30-6-4-2/h5,7,9-10,12-13,15-18,22,24-25,27,31,35,42-44,47-48H,3-4,6,8,11,14,19-21,23,26,28-30,32-34,36-41H2,1-2H3,(H,54,55)(H2,51,52,53)/b7-5-,10-9-,13-12-,16-15-,18-17-,25-22-,27-24-,35-31+/t42-,43+,44-/m1/s1. The molecule has 1 unspecified atom stereocenters. The van der Waals surface area contributed by atoms with E-state index >= 15 is 0 Å². The number of rotatable bonds is 40. The van der Waals surface area contributed by atoms with Crippen LogP contribution in [0.4, 0.5) is 0 Å². The van der Waals surface area contributed by atoms with E-state index in [9.17, 15) is 33.8 Å². The first-order chi connectivity index (χ1) is 29.8. The minimum atomic E-state index is -4.88. The lowest BCUT2D eigenvalue weighted by atomic mass is 10.1. The van der Waals surface area contributed by atoms with Crippen molar-refractivity contribution in [3.8, 4) is 0 Å². The number of unbranched alkanes of at least 4 members (excludes halogenated alkanes) is 7. The molecule has 0 fully saturated rings. The molecule has 16 heteroatoms. The SMILES string of the molecule is CC/C=C\C/C=C\C/C=C\C/C=C\CCCCCCC(=O)O[C@H](COC(=O)CCC/C=C\C/C=C\C/C=C\C=C\[C@H](O)CCCCC)COP(=O)(O)OC[C@@H](O)COP(=O)(O)O. The van der Waals surface area contributed by atoms with Crippen LogP contribution < -0.4 is 0 Å². The lowest BCUT2D eigenvalue weighted by Gasteiger charge is -2.20. The fraction of sp³-hybridized carbons (Fsp3) is 0.609. The Morgan fingerprint density at radius 1 is 0.548 bits per heavy atom. The Hall–Kier alpha value is -3.00. The van der Waals surface area contributed by atoms with Crippen molar-refractivity contribution in [1.29, 1.82) is 0 Å². The predicted octanol–water partition coefficient (Wildman–Crippen LogP) is 10.3. The first-order valence-electron chi connectivity index (χ1n) is 22.0. The lowest BCUT2D eigenvalue weighted by Crippen LogP contribution is -2.30. The van der Waals surface area contributed by atoms with Crippen LogP contribution >= 0.6 is 15.6 Å². The molecule has 5 N–H and O–H groups in total. The monoisotopic (exact) mass is 914 g/mol. The minimum absolute atomic E-state index is 0.0767. The van der Waals surface area contributed by atoms with Crippen LogP contribution in [0.25, 0.3) is 0 Å². The summed E-state index contributed by atoms with van der Waals surface area (Å²) in [5.41, 5.74) is 0. The number of carbonyl (C=O) groups is 2. The fourth-order valence-corrected chi connectivity index (χ4v) is 6.36. The van der Waals surface area contributed by atoms with Gasteiger partial charge in [0, 0.05) is 12.8 Å². The molecule has 0 saturated heterocycles. The molecule has 0 heterocycles. The quantitative estimate of drug-likeness (QED) is 0.0127. The van der Waals surface area contributed by atoms with Crippen molar-refractivity contribution in [1.82, 2.24) is 0 Å². The summed E-state index contributed by atoms with van der Waals surface area (Å²) in [7, 11) is -9.73. The zero-order chi connectivity index (χ0) is 46.0. The van der Waals surface area contributed by atoms with Gasteiger partial charge in [-0.05, 0) is 77.0 Å². The summed E-state index contributed by atoms with van der Waals surface area (Å²) in [4.78, 5) is 52.7. The molecule has 0 saturated carbocycles. The maximum atomic E-state index is 12.7.